The van der Waals surface area contributed by atoms with Crippen LogP contribution in [0.5, 0.6) is 0 Å². The number of carbonyl (C=O) groups excluding carboxylic acids is 1. The summed E-state index contributed by atoms with van der Waals surface area (Å²) < 4.78 is 10.6. The zero-order valence-corrected chi connectivity index (χ0v) is 8.92. The van der Waals surface area contributed by atoms with Crippen LogP contribution in [0.25, 0.3) is 0 Å². The van der Waals surface area contributed by atoms with Crippen LogP contribution in [0.2, 0.25) is 0 Å². The van der Waals surface area contributed by atoms with Crippen molar-refractivity contribution in [3.63, 3.8) is 0 Å². The molecule has 0 amide bonds. The van der Waals surface area contributed by atoms with E-state index < -0.39 is 23.6 Å². The fourth-order valence-corrected chi connectivity index (χ4v) is 2.97. The van der Waals surface area contributed by atoms with Gasteiger partial charge in [0.05, 0.1) is 6.26 Å². The normalized spacial score (nSPS) is 53.9. The highest BCUT2D eigenvalue weighted by Gasteiger charge is 2.86. The number of ketones is 1. The lowest BCUT2D eigenvalue weighted by atomic mass is 9.72. The average Bonchev–Trinajstić information content (AvgIpc) is 2.98. The van der Waals surface area contributed by atoms with Crippen LogP contribution in [0.1, 0.15) is 19.8 Å². The molecule has 3 unspecified atom stereocenters. The molecule has 3 rings (SSSR count). The third-order valence-electron chi connectivity index (χ3n) is 3.97. The van der Waals surface area contributed by atoms with E-state index in [9.17, 15) is 15.0 Å². The molecule has 16 heavy (non-hydrogen) atoms. The smallest absolute Gasteiger partial charge is 0.276 e. The molecule has 0 aromatic rings. The predicted molar refractivity (Wildman–Crippen MR) is 52.2 cm³/mol. The zero-order chi connectivity index (χ0) is 11.6. The molecule has 5 heteroatoms. The van der Waals surface area contributed by atoms with Crippen LogP contribution in [-0.2, 0) is 14.3 Å². The van der Waals surface area contributed by atoms with Crippen LogP contribution in [-0.4, -0.2) is 39.6 Å². The Balaban J connectivity index is 2.04. The van der Waals surface area contributed by atoms with Gasteiger partial charge in [-0.15, -0.1) is 0 Å². The number of hydrogen-bond donors (Lipinski definition) is 2. The van der Waals surface area contributed by atoms with E-state index in [0.29, 0.717) is 12.8 Å². The molecule has 88 valence electrons. The number of hydrogen-bond acceptors (Lipinski definition) is 5. The lowest BCUT2D eigenvalue weighted by Crippen LogP contribution is -2.58. The monoisotopic (exact) mass is 226 g/mol. The number of rotatable bonds is 1. The summed E-state index contributed by atoms with van der Waals surface area (Å²) in [7, 11) is 0. The summed E-state index contributed by atoms with van der Waals surface area (Å²) in [4.78, 5) is 11.8. The van der Waals surface area contributed by atoms with Crippen molar-refractivity contribution in [2.24, 2.45) is 5.92 Å². The molecule has 1 aliphatic carbocycles. The maximum Gasteiger partial charge on any atom is 0.276 e. The number of carbonyl (C=O) groups is 1. The van der Waals surface area contributed by atoms with Gasteiger partial charge in [0.15, 0.2) is 5.78 Å². The SMILES string of the molecule is CCC1CC(O)[C@@]23OC=CC(=O)[C@@]2(O3)C1O. The molecule has 2 heterocycles. The Morgan fingerprint density at radius 1 is 1.56 bits per heavy atom. The molecule has 2 aliphatic heterocycles. The predicted octanol–water partition coefficient (Wildman–Crippen LogP) is -0.284. The van der Waals surface area contributed by atoms with E-state index in [2.05, 4.69) is 0 Å². The standard InChI is InChI=1S/C11H14O5/c1-2-6-5-8(13)11-10(16-11,9(6)14)7(12)3-4-15-11/h3-4,6,8-9,13-14H,2,5H2,1H3/t6?,8?,9?,10-,11+/m1/s1. The van der Waals surface area contributed by atoms with Crippen molar-refractivity contribution in [2.45, 2.75) is 43.4 Å². The Hall–Kier alpha value is -0.910. The highest BCUT2D eigenvalue weighted by Crippen LogP contribution is 2.62. The second-order valence-corrected chi connectivity index (χ2v) is 4.65. The van der Waals surface area contributed by atoms with Gasteiger partial charge in [-0.25, -0.2) is 0 Å². The molecule has 0 aromatic heterocycles. The fourth-order valence-electron chi connectivity index (χ4n) is 2.97. The van der Waals surface area contributed by atoms with Crippen LogP contribution in [0.4, 0.5) is 0 Å². The van der Waals surface area contributed by atoms with E-state index in [1.807, 2.05) is 6.92 Å². The largest absolute Gasteiger partial charge is 0.463 e. The van der Waals surface area contributed by atoms with E-state index >= 15 is 0 Å². The van der Waals surface area contributed by atoms with Crippen LogP contribution in [0.15, 0.2) is 12.3 Å². The Labute approximate surface area is 92.7 Å². The minimum absolute atomic E-state index is 0.135. The Morgan fingerprint density at radius 3 is 3.00 bits per heavy atom. The van der Waals surface area contributed by atoms with Crippen molar-refractivity contribution >= 4 is 5.78 Å². The number of ether oxygens (including phenoxy) is 2. The van der Waals surface area contributed by atoms with Crippen molar-refractivity contribution in [3.05, 3.63) is 12.3 Å². The van der Waals surface area contributed by atoms with Crippen LogP contribution in [0, 0.1) is 5.92 Å². The molecule has 5 nitrogen and oxygen atoms in total. The van der Waals surface area contributed by atoms with Gasteiger partial charge in [0.1, 0.15) is 12.2 Å². The molecule has 3 aliphatic rings. The van der Waals surface area contributed by atoms with Gasteiger partial charge in [-0.1, -0.05) is 13.3 Å². The minimum Gasteiger partial charge on any atom is -0.463 e. The number of epoxide rings is 1. The number of aliphatic hydroxyl groups excluding tert-OH is 2. The molecular weight excluding hydrogens is 212 g/mol. The molecule has 2 N–H and O–H groups in total. The van der Waals surface area contributed by atoms with Gasteiger partial charge in [-0.3, -0.25) is 4.79 Å². The van der Waals surface area contributed by atoms with Crippen LogP contribution < -0.4 is 0 Å². The van der Waals surface area contributed by atoms with Crippen molar-refractivity contribution in [1.29, 1.82) is 0 Å². The van der Waals surface area contributed by atoms with Crippen LogP contribution in [0.3, 0.4) is 0 Å². The molecule has 1 saturated heterocycles. The number of aliphatic hydroxyl groups is 2. The molecule has 0 aromatic carbocycles. The van der Waals surface area contributed by atoms with E-state index in [-0.39, 0.29) is 11.7 Å². The molecule has 2 fully saturated rings. The van der Waals surface area contributed by atoms with Gasteiger partial charge in [0.25, 0.3) is 5.79 Å². The second kappa shape index (κ2) is 2.85. The lowest BCUT2D eigenvalue weighted by Gasteiger charge is -2.37. The Kier molecular flexibility index (Phi) is 1.83. The Morgan fingerprint density at radius 2 is 2.31 bits per heavy atom. The van der Waals surface area contributed by atoms with Gasteiger partial charge < -0.3 is 19.7 Å². The van der Waals surface area contributed by atoms with E-state index in [0.717, 1.165) is 0 Å². The summed E-state index contributed by atoms with van der Waals surface area (Å²) >= 11 is 0. The summed E-state index contributed by atoms with van der Waals surface area (Å²) in [6.45, 7) is 1.91. The summed E-state index contributed by atoms with van der Waals surface area (Å²) in [5.41, 5.74) is -1.36. The first kappa shape index (κ1) is 10.3. The van der Waals surface area contributed by atoms with Crippen molar-refractivity contribution in [3.8, 4) is 0 Å². The average molecular weight is 226 g/mol. The van der Waals surface area contributed by atoms with E-state index in [4.69, 9.17) is 9.47 Å². The van der Waals surface area contributed by atoms with Gasteiger partial charge in [-0.05, 0) is 12.3 Å². The molecule has 0 spiro atoms. The van der Waals surface area contributed by atoms with Gasteiger partial charge >= 0.3 is 0 Å². The van der Waals surface area contributed by atoms with Gasteiger partial charge in [0, 0.05) is 6.08 Å². The lowest BCUT2D eigenvalue weighted by molar-refractivity contribution is -0.141. The summed E-state index contributed by atoms with van der Waals surface area (Å²) in [6.07, 6.45) is 1.79. The molecular formula is C11H14O5. The summed E-state index contributed by atoms with van der Waals surface area (Å²) in [6, 6.07) is 0. The van der Waals surface area contributed by atoms with E-state index in [1.54, 1.807) is 0 Å². The highest BCUT2D eigenvalue weighted by molar-refractivity contribution is 6.02. The van der Waals surface area contributed by atoms with Crippen molar-refractivity contribution < 1.29 is 24.5 Å². The molecule has 0 bridgehead atoms. The molecule has 5 atom stereocenters. The fraction of sp³-hybridized carbons (Fsp3) is 0.727. The van der Waals surface area contributed by atoms with Gasteiger partial charge in [-0.2, -0.15) is 0 Å². The quantitative estimate of drug-likeness (QED) is 0.601. The van der Waals surface area contributed by atoms with Crippen LogP contribution >= 0.6 is 0 Å². The first-order valence-electron chi connectivity index (χ1n) is 5.53. The topological polar surface area (TPSA) is 79.3 Å². The second-order valence-electron chi connectivity index (χ2n) is 4.65. The summed E-state index contributed by atoms with van der Waals surface area (Å²) in [5.74, 6) is -1.78. The molecule has 1 saturated carbocycles. The first-order valence-corrected chi connectivity index (χ1v) is 5.53. The first-order chi connectivity index (χ1) is 7.58. The third-order valence-corrected chi connectivity index (χ3v) is 3.97. The van der Waals surface area contributed by atoms with Crippen molar-refractivity contribution in [2.75, 3.05) is 0 Å². The minimum atomic E-state index is -1.36. The third kappa shape index (κ3) is 0.863. The van der Waals surface area contributed by atoms with Gasteiger partial charge in [0.2, 0.25) is 5.60 Å². The molecule has 0 radical (unpaired) electrons. The Bertz CT molecular complexity index is 379. The zero-order valence-electron chi connectivity index (χ0n) is 8.92. The maximum atomic E-state index is 11.8. The van der Waals surface area contributed by atoms with Crippen molar-refractivity contribution in [1.82, 2.24) is 0 Å². The van der Waals surface area contributed by atoms with E-state index in [1.165, 1.54) is 12.3 Å². The summed E-state index contributed by atoms with van der Waals surface area (Å²) in [5, 5.41) is 20.2. The maximum absolute atomic E-state index is 11.8. The highest BCUT2D eigenvalue weighted by atomic mass is 16.8.